The Labute approximate surface area is 111 Å². The van der Waals surface area contributed by atoms with Crippen LogP contribution in [0.4, 0.5) is 0 Å². The Kier molecular flexibility index (Phi) is 4.00. The fraction of sp³-hybridized carbons (Fsp3) is 0.308. The van der Waals surface area contributed by atoms with E-state index in [0.717, 1.165) is 17.5 Å². The normalized spacial score (nSPS) is 12.1. The zero-order valence-electron chi connectivity index (χ0n) is 10.4. The molecule has 0 fully saturated rings. The molecule has 2 aromatic rings. The topological polar surface area (TPSA) is 54.5 Å². The fourth-order valence-corrected chi connectivity index (χ4v) is 2.36. The summed E-state index contributed by atoms with van der Waals surface area (Å²) in [5.41, 5.74) is 1.20. The number of hydrogen-bond donors (Lipinski definition) is 0. The molecule has 0 aliphatic carbocycles. The van der Waals surface area contributed by atoms with Crippen LogP contribution in [0.1, 0.15) is 18.3 Å². The third-order valence-electron chi connectivity index (χ3n) is 2.55. The first kappa shape index (κ1) is 12.7. The van der Waals surface area contributed by atoms with Crippen LogP contribution in [0.15, 0.2) is 35.5 Å². The molecular weight excluding hydrogens is 244 g/mol. The largest absolute Gasteiger partial charge is 0.302 e. The maximum atomic E-state index is 8.86. The van der Waals surface area contributed by atoms with E-state index in [-0.39, 0.29) is 5.25 Å². The number of aromatic nitrogens is 3. The minimum Gasteiger partial charge on any atom is -0.302 e. The van der Waals surface area contributed by atoms with Crippen LogP contribution in [0.3, 0.4) is 0 Å². The Morgan fingerprint density at radius 1 is 1.33 bits per heavy atom. The summed E-state index contributed by atoms with van der Waals surface area (Å²) in [5.74, 6) is 0.867. The number of thioether (sulfide) groups is 1. The molecule has 92 valence electrons. The van der Waals surface area contributed by atoms with Gasteiger partial charge in [0.25, 0.3) is 0 Å². The molecule has 0 aliphatic rings. The molecule has 0 unspecified atom stereocenters. The lowest BCUT2D eigenvalue weighted by Crippen LogP contribution is -2.05. The van der Waals surface area contributed by atoms with Crippen molar-refractivity contribution in [2.24, 2.45) is 0 Å². The van der Waals surface area contributed by atoms with E-state index in [0.29, 0.717) is 0 Å². The minimum atomic E-state index is -0.122. The van der Waals surface area contributed by atoms with Crippen LogP contribution in [0.5, 0.6) is 0 Å². The second-order valence-corrected chi connectivity index (χ2v) is 5.30. The molecule has 0 spiro atoms. The molecule has 1 atom stereocenters. The molecule has 0 saturated heterocycles. The van der Waals surface area contributed by atoms with Gasteiger partial charge in [-0.05, 0) is 19.4 Å². The van der Waals surface area contributed by atoms with Crippen LogP contribution in [0.2, 0.25) is 0 Å². The van der Waals surface area contributed by atoms with Crippen LogP contribution >= 0.6 is 11.8 Å². The van der Waals surface area contributed by atoms with E-state index in [1.807, 2.05) is 36.6 Å². The quantitative estimate of drug-likeness (QED) is 0.791. The van der Waals surface area contributed by atoms with E-state index in [2.05, 4.69) is 28.4 Å². The van der Waals surface area contributed by atoms with Gasteiger partial charge in [0.1, 0.15) is 5.82 Å². The van der Waals surface area contributed by atoms with Gasteiger partial charge in [-0.25, -0.2) is 0 Å². The van der Waals surface area contributed by atoms with Crippen molar-refractivity contribution in [2.45, 2.75) is 30.8 Å². The number of nitrogens with zero attached hydrogens (tertiary/aromatic N) is 4. The lowest BCUT2D eigenvalue weighted by molar-refractivity contribution is 0.687. The van der Waals surface area contributed by atoms with Gasteiger partial charge in [-0.3, -0.25) is 0 Å². The van der Waals surface area contributed by atoms with Gasteiger partial charge >= 0.3 is 0 Å². The summed E-state index contributed by atoms with van der Waals surface area (Å²) in [6, 6.07) is 12.4. The zero-order chi connectivity index (χ0) is 13.0. The summed E-state index contributed by atoms with van der Waals surface area (Å²) in [7, 11) is 0. The van der Waals surface area contributed by atoms with Gasteiger partial charge in [-0.2, -0.15) is 5.26 Å². The number of hydrogen-bond acceptors (Lipinski definition) is 4. The third kappa shape index (κ3) is 2.90. The molecule has 0 amide bonds. The molecule has 0 aliphatic heterocycles. The van der Waals surface area contributed by atoms with Crippen molar-refractivity contribution in [3.63, 3.8) is 0 Å². The van der Waals surface area contributed by atoms with Crippen molar-refractivity contribution in [3.05, 3.63) is 41.7 Å². The van der Waals surface area contributed by atoms with Crippen LogP contribution in [-0.4, -0.2) is 20.0 Å². The summed E-state index contributed by atoms with van der Waals surface area (Å²) >= 11 is 1.44. The van der Waals surface area contributed by atoms with Gasteiger partial charge in [0.15, 0.2) is 5.16 Å². The molecule has 0 bridgehead atoms. The molecule has 1 aromatic heterocycles. The number of nitriles is 1. The van der Waals surface area contributed by atoms with E-state index >= 15 is 0 Å². The first-order valence-electron chi connectivity index (χ1n) is 5.70. The monoisotopic (exact) mass is 258 g/mol. The molecular formula is C13H14N4S. The van der Waals surface area contributed by atoms with Crippen molar-refractivity contribution in [3.8, 4) is 6.07 Å². The van der Waals surface area contributed by atoms with Gasteiger partial charge in [-0.15, -0.1) is 10.2 Å². The van der Waals surface area contributed by atoms with Gasteiger partial charge < -0.3 is 4.57 Å². The highest BCUT2D eigenvalue weighted by Crippen LogP contribution is 2.22. The second kappa shape index (κ2) is 5.69. The lowest BCUT2D eigenvalue weighted by atomic mass is 10.2. The highest BCUT2D eigenvalue weighted by Gasteiger charge is 2.13. The minimum absolute atomic E-state index is 0.122. The van der Waals surface area contributed by atoms with Crippen LogP contribution in [0, 0.1) is 18.3 Å². The Morgan fingerprint density at radius 2 is 2.06 bits per heavy atom. The molecule has 1 heterocycles. The van der Waals surface area contributed by atoms with E-state index < -0.39 is 0 Å². The molecule has 2 rings (SSSR count). The van der Waals surface area contributed by atoms with Gasteiger partial charge in [0.2, 0.25) is 0 Å². The van der Waals surface area contributed by atoms with Crippen molar-refractivity contribution >= 4 is 11.8 Å². The van der Waals surface area contributed by atoms with Gasteiger partial charge in [0, 0.05) is 0 Å². The maximum absolute atomic E-state index is 8.86. The molecule has 0 N–H and O–H groups in total. The van der Waals surface area contributed by atoms with E-state index in [1.54, 1.807) is 0 Å². The lowest BCUT2D eigenvalue weighted by Gasteiger charge is -2.08. The van der Waals surface area contributed by atoms with E-state index in [4.69, 9.17) is 5.26 Å². The van der Waals surface area contributed by atoms with Crippen molar-refractivity contribution in [1.82, 2.24) is 14.8 Å². The average molecular weight is 258 g/mol. The van der Waals surface area contributed by atoms with E-state index in [9.17, 15) is 0 Å². The summed E-state index contributed by atoms with van der Waals surface area (Å²) < 4.78 is 2.04. The molecule has 5 heteroatoms. The SMILES string of the molecule is Cc1nnc(S[C@H](C)C#N)n1Cc1ccccc1. The first-order valence-corrected chi connectivity index (χ1v) is 6.58. The second-order valence-electron chi connectivity index (χ2n) is 3.99. The Morgan fingerprint density at radius 3 is 2.72 bits per heavy atom. The van der Waals surface area contributed by atoms with Crippen molar-refractivity contribution < 1.29 is 0 Å². The summed E-state index contributed by atoms with van der Waals surface area (Å²) in [6.45, 7) is 4.53. The molecule has 0 saturated carbocycles. The van der Waals surface area contributed by atoms with E-state index in [1.165, 1.54) is 17.3 Å². The average Bonchev–Trinajstić information content (AvgIpc) is 2.72. The molecule has 18 heavy (non-hydrogen) atoms. The summed E-state index contributed by atoms with van der Waals surface area (Å²) in [4.78, 5) is 0. The predicted molar refractivity (Wildman–Crippen MR) is 71.2 cm³/mol. The fourth-order valence-electron chi connectivity index (χ4n) is 1.58. The summed E-state index contributed by atoms with van der Waals surface area (Å²) in [6.07, 6.45) is 0. The van der Waals surface area contributed by atoms with Crippen LogP contribution in [0.25, 0.3) is 0 Å². The highest BCUT2D eigenvalue weighted by molar-refractivity contribution is 8.00. The van der Waals surface area contributed by atoms with Crippen LogP contribution in [-0.2, 0) is 6.54 Å². The first-order chi connectivity index (χ1) is 8.70. The highest BCUT2D eigenvalue weighted by atomic mass is 32.2. The molecule has 1 aromatic carbocycles. The Balaban J connectivity index is 2.22. The Hall–Kier alpha value is -1.80. The standard InChI is InChI=1S/C13H14N4S/c1-10(8-14)18-13-16-15-11(2)17(13)9-12-6-4-3-5-7-12/h3-7,10H,9H2,1-2H3/t10-/m1/s1. The molecule has 0 radical (unpaired) electrons. The summed E-state index contributed by atoms with van der Waals surface area (Å²) in [5, 5.41) is 17.7. The zero-order valence-corrected chi connectivity index (χ0v) is 11.2. The smallest absolute Gasteiger partial charge is 0.192 e. The number of rotatable bonds is 4. The molecule has 4 nitrogen and oxygen atoms in total. The number of aryl methyl sites for hydroxylation is 1. The van der Waals surface area contributed by atoms with Crippen molar-refractivity contribution in [2.75, 3.05) is 0 Å². The number of benzene rings is 1. The van der Waals surface area contributed by atoms with Gasteiger partial charge in [0.05, 0.1) is 17.9 Å². The van der Waals surface area contributed by atoms with Crippen molar-refractivity contribution in [1.29, 1.82) is 5.26 Å². The maximum Gasteiger partial charge on any atom is 0.192 e. The van der Waals surface area contributed by atoms with Crippen LogP contribution < -0.4 is 0 Å². The predicted octanol–water partition coefficient (Wildman–Crippen LogP) is 2.64. The Bertz CT molecular complexity index is 556. The van der Waals surface area contributed by atoms with Gasteiger partial charge in [-0.1, -0.05) is 42.1 Å². The third-order valence-corrected chi connectivity index (χ3v) is 3.52.